The Kier molecular flexibility index (Phi) is 12.4. The number of pyridine rings is 1. The summed E-state index contributed by atoms with van der Waals surface area (Å²) in [6.45, 7) is 9.50. The van der Waals surface area contributed by atoms with Crippen molar-refractivity contribution in [3.8, 4) is 0 Å². The van der Waals surface area contributed by atoms with Crippen molar-refractivity contribution in [2.75, 3.05) is 19.8 Å². The molecule has 0 fully saturated rings. The summed E-state index contributed by atoms with van der Waals surface area (Å²) in [6, 6.07) is 13.5. The molecule has 1 aromatic heterocycles. The quantitative estimate of drug-likeness (QED) is 0.303. The number of hydrogen-bond donors (Lipinski definition) is 2. The van der Waals surface area contributed by atoms with Crippen LogP contribution in [0.3, 0.4) is 0 Å². The van der Waals surface area contributed by atoms with E-state index >= 15 is 0 Å². The number of carbonyl (C=O) groups excluding carboxylic acids is 1. The summed E-state index contributed by atoms with van der Waals surface area (Å²) in [5.41, 5.74) is 3.60. The summed E-state index contributed by atoms with van der Waals surface area (Å²) in [7, 11) is 0. The third kappa shape index (κ3) is 9.77. The van der Waals surface area contributed by atoms with E-state index in [0.29, 0.717) is 38.6 Å². The van der Waals surface area contributed by atoms with Crippen LogP contribution in [0.4, 0.5) is 4.79 Å². The lowest BCUT2D eigenvalue weighted by Crippen LogP contribution is -2.34. The molecule has 2 rings (SSSR count). The molecule has 7 nitrogen and oxygen atoms in total. The van der Waals surface area contributed by atoms with E-state index in [1.54, 1.807) is 0 Å². The number of amides is 2. The van der Waals surface area contributed by atoms with E-state index < -0.39 is 6.29 Å². The highest BCUT2D eigenvalue weighted by Crippen LogP contribution is 2.18. The minimum atomic E-state index is -0.489. The van der Waals surface area contributed by atoms with E-state index in [2.05, 4.69) is 36.4 Å². The van der Waals surface area contributed by atoms with Crippen LogP contribution >= 0.6 is 0 Å². The molecule has 176 valence electrons. The van der Waals surface area contributed by atoms with Crippen molar-refractivity contribution < 1.29 is 19.0 Å². The molecule has 0 aliphatic carbocycles. The van der Waals surface area contributed by atoms with Gasteiger partial charge in [-0.2, -0.15) is 0 Å². The Labute approximate surface area is 191 Å². The molecule has 7 heteroatoms. The van der Waals surface area contributed by atoms with Gasteiger partial charge in [-0.25, -0.2) is 4.79 Å². The first-order valence-electron chi connectivity index (χ1n) is 11.5. The summed E-state index contributed by atoms with van der Waals surface area (Å²) in [5, 5.41) is 5.75. The van der Waals surface area contributed by atoms with E-state index in [-0.39, 0.29) is 6.03 Å². The molecule has 2 N–H and O–H groups in total. The normalized spacial score (nSPS) is 11.0. The molecule has 0 radical (unpaired) electrons. The molecule has 0 saturated heterocycles. The monoisotopic (exact) mass is 443 g/mol. The number of nitrogens with zero attached hydrogens (tertiary/aromatic N) is 1. The largest absolute Gasteiger partial charge is 0.377 e. The van der Waals surface area contributed by atoms with E-state index in [1.807, 2.05) is 42.5 Å². The smallest absolute Gasteiger partial charge is 0.315 e. The molecule has 0 aliphatic rings. The zero-order valence-corrected chi connectivity index (χ0v) is 19.6. The van der Waals surface area contributed by atoms with Gasteiger partial charge in [-0.3, -0.25) is 4.98 Å². The van der Waals surface area contributed by atoms with Crippen LogP contribution < -0.4 is 10.6 Å². The summed E-state index contributed by atoms with van der Waals surface area (Å²) >= 11 is 0. The topological polar surface area (TPSA) is 81.7 Å². The predicted molar refractivity (Wildman–Crippen MR) is 125 cm³/mol. The molecule has 0 atom stereocenters. The van der Waals surface area contributed by atoms with Gasteiger partial charge in [0, 0.05) is 26.4 Å². The number of carbonyl (C=O) groups is 1. The maximum Gasteiger partial charge on any atom is 0.315 e. The SMILES string of the molecule is CCCOCc1cccc(CNC(=O)NCc2cccc(C(OCCC)OCCC)n2)c1. The van der Waals surface area contributed by atoms with E-state index in [0.717, 1.165) is 42.7 Å². The van der Waals surface area contributed by atoms with Crippen molar-refractivity contribution in [2.24, 2.45) is 0 Å². The molecule has 0 bridgehead atoms. The van der Waals surface area contributed by atoms with E-state index in [4.69, 9.17) is 14.2 Å². The van der Waals surface area contributed by atoms with Crippen molar-refractivity contribution in [1.82, 2.24) is 15.6 Å². The zero-order valence-electron chi connectivity index (χ0n) is 19.6. The van der Waals surface area contributed by atoms with Crippen LogP contribution in [0.25, 0.3) is 0 Å². The lowest BCUT2D eigenvalue weighted by molar-refractivity contribution is -0.149. The number of nitrogens with one attached hydrogen (secondary N) is 2. The number of ether oxygens (including phenoxy) is 3. The van der Waals surface area contributed by atoms with E-state index in [1.165, 1.54) is 0 Å². The van der Waals surface area contributed by atoms with Gasteiger partial charge in [0.2, 0.25) is 6.29 Å². The van der Waals surface area contributed by atoms with Gasteiger partial charge in [-0.1, -0.05) is 51.1 Å². The average molecular weight is 444 g/mol. The fourth-order valence-electron chi connectivity index (χ4n) is 2.98. The van der Waals surface area contributed by atoms with Crippen molar-refractivity contribution in [3.63, 3.8) is 0 Å². The average Bonchev–Trinajstić information content (AvgIpc) is 2.82. The molecule has 1 aromatic carbocycles. The van der Waals surface area contributed by atoms with Crippen molar-refractivity contribution in [1.29, 1.82) is 0 Å². The molecule has 0 aliphatic heterocycles. The number of urea groups is 1. The van der Waals surface area contributed by atoms with Crippen molar-refractivity contribution in [3.05, 3.63) is 65.0 Å². The Morgan fingerprint density at radius 2 is 1.53 bits per heavy atom. The number of benzene rings is 1. The van der Waals surface area contributed by atoms with Gasteiger partial charge in [-0.15, -0.1) is 0 Å². The highest BCUT2D eigenvalue weighted by molar-refractivity contribution is 5.73. The first kappa shape index (κ1) is 25.8. The first-order valence-corrected chi connectivity index (χ1v) is 11.5. The van der Waals surface area contributed by atoms with Crippen LogP contribution in [0.2, 0.25) is 0 Å². The second kappa shape index (κ2) is 15.3. The van der Waals surface area contributed by atoms with Gasteiger partial charge < -0.3 is 24.8 Å². The molecule has 0 spiro atoms. The molecule has 2 amide bonds. The predicted octanol–water partition coefficient (Wildman–Crippen LogP) is 4.86. The van der Waals surface area contributed by atoms with Crippen LogP contribution in [0.15, 0.2) is 42.5 Å². The third-order valence-corrected chi connectivity index (χ3v) is 4.51. The van der Waals surface area contributed by atoms with Crippen LogP contribution in [-0.2, 0) is 33.9 Å². The number of aromatic nitrogens is 1. The Morgan fingerprint density at radius 1 is 0.875 bits per heavy atom. The lowest BCUT2D eigenvalue weighted by atomic mass is 10.1. The number of rotatable bonds is 15. The van der Waals surface area contributed by atoms with Gasteiger partial charge in [0.1, 0.15) is 0 Å². The Morgan fingerprint density at radius 3 is 2.25 bits per heavy atom. The molecule has 0 saturated carbocycles. The fraction of sp³-hybridized carbons (Fsp3) is 0.520. The Bertz CT molecular complexity index is 792. The van der Waals surface area contributed by atoms with Gasteiger partial charge in [0.25, 0.3) is 0 Å². The molecule has 1 heterocycles. The maximum atomic E-state index is 12.3. The van der Waals surface area contributed by atoms with Gasteiger partial charge >= 0.3 is 6.03 Å². The van der Waals surface area contributed by atoms with Crippen LogP contribution in [0.5, 0.6) is 0 Å². The minimum absolute atomic E-state index is 0.245. The summed E-state index contributed by atoms with van der Waals surface area (Å²) in [4.78, 5) is 16.9. The molecule has 32 heavy (non-hydrogen) atoms. The van der Waals surface area contributed by atoms with Crippen molar-refractivity contribution in [2.45, 2.75) is 66.0 Å². The molecule has 2 aromatic rings. The van der Waals surface area contributed by atoms with Gasteiger partial charge in [0.05, 0.1) is 24.5 Å². The third-order valence-electron chi connectivity index (χ3n) is 4.51. The molecule has 0 unspecified atom stereocenters. The second-order valence-electron chi connectivity index (χ2n) is 7.54. The fourth-order valence-corrected chi connectivity index (χ4v) is 2.98. The minimum Gasteiger partial charge on any atom is -0.377 e. The molecular weight excluding hydrogens is 406 g/mol. The highest BCUT2D eigenvalue weighted by atomic mass is 16.7. The summed E-state index contributed by atoms with van der Waals surface area (Å²) in [6.07, 6.45) is 2.32. The maximum absolute atomic E-state index is 12.3. The van der Waals surface area contributed by atoms with Crippen LogP contribution in [0.1, 0.15) is 68.8 Å². The summed E-state index contributed by atoms with van der Waals surface area (Å²) < 4.78 is 17.2. The standard InChI is InChI=1S/C25H37N3O4/c1-4-13-30-19-21-10-7-9-20(16-21)17-26-25(29)27-18-22-11-8-12-23(28-22)24(31-14-5-2)32-15-6-3/h7-12,16,24H,4-6,13-15,17-19H2,1-3H3,(H2,26,27,29). The second-order valence-corrected chi connectivity index (χ2v) is 7.54. The first-order chi connectivity index (χ1) is 15.7. The van der Waals surface area contributed by atoms with Crippen molar-refractivity contribution >= 4 is 6.03 Å². The zero-order chi connectivity index (χ0) is 23.0. The van der Waals surface area contributed by atoms with Crippen LogP contribution in [0, 0.1) is 0 Å². The number of hydrogen-bond acceptors (Lipinski definition) is 5. The highest BCUT2D eigenvalue weighted by Gasteiger charge is 2.14. The van der Waals surface area contributed by atoms with Crippen LogP contribution in [-0.4, -0.2) is 30.8 Å². The lowest BCUT2D eigenvalue weighted by Gasteiger charge is -2.18. The summed E-state index contributed by atoms with van der Waals surface area (Å²) in [5.74, 6) is 0. The van der Waals surface area contributed by atoms with E-state index in [9.17, 15) is 4.79 Å². The van der Waals surface area contributed by atoms with Gasteiger partial charge in [-0.05, 0) is 42.5 Å². The Hall–Kier alpha value is -2.48. The Balaban J connectivity index is 1.83. The molecular formula is C25H37N3O4. The van der Waals surface area contributed by atoms with Gasteiger partial charge in [0.15, 0.2) is 0 Å².